The van der Waals surface area contributed by atoms with Crippen molar-refractivity contribution in [1.29, 1.82) is 0 Å². The molecule has 3 nitrogen and oxygen atoms in total. The van der Waals surface area contributed by atoms with E-state index in [1.807, 2.05) is 32.9 Å². The van der Waals surface area contributed by atoms with E-state index in [9.17, 15) is 9.36 Å². The second-order valence-electron chi connectivity index (χ2n) is 3.85. The Morgan fingerprint density at radius 2 is 1.81 bits per heavy atom. The van der Waals surface area contributed by atoms with Crippen LogP contribution in [0.15, 0.2) is 12.1 Å². The van der Waals surface area contributed by atoms with Crippen LogP contribution in [0.4, 0.5) is 0 Å². The highest BCUT2D eigenvalue weighted by molar-refractivity contribution is 7.17. The fourth-order valence-corrected chi connectivity index (χ4v) is 2.09. The normalized spacial score (nSPS) is 10.7. The topological polar surface area (TPSA) is 43.4 Å². The van der Waals surface area contributed by atoms with Gasteiger partial charge in [0.1, 0.15) is 0 Å². The lowest BCUT2D eigenvalue weighted by Crippen LogP contribution is -2.07. The summed E-state index contributed by atoms with van der Waals surface area (Å²) in [5.74, 6) is 0.0404. The molecule has 0 atom stereocenters. The number of hydrogen-bond donors (Lipinski definition) is 0. The molecule has 0 unspecified atom stereocenters. The molecule has 0 fully saturated rings. The molecule has 0 radical (unpaired) electrons. The van der Waals surface area contributed by atoms with Crippen LogP contribution in [0.3, 0.4) is 0 Å². The highest BCUT2D eigenvalue weighted by Crippen LogP contribution is 2.18. The van der Waals surface area contributed by atoms with Crippen molar-refractivity contribution < 1.29 is 13.9 Å². The van der Waals surface area contributed by atoms with Crippen molar-refractivity contribution >= 4 is 14.5 Å². The summed E-state index contributed by atoms with van der Waals surface area (Å²) in [5, 5.41) is 0. The Morgan fingerprint density at radius 1 is 1.25 bits per heavy atom. The molecule has 0 saturated carbocycles. The van der Waals surface area contributed by atoms with Crippen LogP contribution in [0.25, 0.3) is 0 Å². The molecule has 16 heavy (non-hydrogen) atoms. The van der Waals surface area contributed by atoms with E-state index in [4.69, 9.17) is 0 Å². The molecule has 0 bridgehead atoms. The summed E-state index contributed by atoms with van der Waals surface area (Å²) in [7, 11) is -0.374. The number of carbonyl (C=O) groups excluding carboxylic acids is 1. The van der Waals surface area contributed by atoms with Crippen molar-refractivity contribution in [3.05, 3.63) is 34.4 Å². The van der Waals surface area contributed by atoms with E-state index < -0.39 is 0 Å². The number of benzene rings is 1. The Balaban J connectivity index is 2.86. The highest BCUT2D eigenvalue weighted by Gasteiger charge is 2.12. The molecular weight excluding hydrogens is 223 g/mol. The Labute approximate surface area is 97.1 Å². The molecule has 0 aromatic heterocycles. The standard InChI is InChI=1S/C12H15O3P/c1-8-6-9(2)12(10(3)7-8)11(13)4-5-15-16-14/h6-7H,4-5H2,1-3H3. The van der Waals surface area contributed by atoms with Gasteiger partial charge in [-0.15, -0.1) is 0 Å². The summed E-state index contributed by atoms with van der Waals surface area (Å²) in [6.45, 7) is 6.06. The van der Waals surface area contributed by atoms with E-state index in [1.165, 1.54) is 0 Å². The van der Waals surface area contributed by atoms with Crippen LogP contribution in [-0.2, 0) is 9.09 Å². The van der Waals surface area contributed by atoms with Gasteiger partial charge >= 0.3 is 8.69 Å². The molecule has 0 amide bonds. The maximum Gasteiger partial charge on any atom is 0.327 e. The third-order valence-electron chi connectivity index (χ3n) is 2.43. The zero-order chi connectivity index (χ0) is 12.1. The SMILES string of the molecule is Cc1cc(C)c(C(=O)CCOP=O)c(C)c1. The number of aryl methyl sites for hydroxylation is 3. The second kappa shape index (κ2) is 5.88. The van der Waals surface area contributed by atoms with Crippen molar-refractivity contribution in [2.75, 3.05) is 6.61 Å². The van der Waals surface area contributed by atoms with Crippen LogP contribution in [0.5, 0.6) is 0 Å². The van der Waals surface area contributed by atoms with Crippen LogP contribution in [-0.4, -0.2) is 12.4 Å². The zero-order valence-corrected chi connectivity index (χ0v) is 10.6. The van der Waals surface area contributed by atoms with Gasteiger partial charge in [0.25, 0.3) is 0 Å². The molecule has 1 aromatic carbocycles. The molecule has 0 N–H and O–H groups in total. The molecule has 4 heteroatoms. The maximum absolute atomic E-state index is 11.9. The molecule has 0 aliphatic carbocycles. The minimum Gasteiger partial charge on any atom is -0.294 e. The Hall–Kier alpha value is -1.05. The van der Waals surface area contributed by atoms with E-state index in [-0.39, 0.29) is 27.5 Å². The lowest BCUT2D eigenvalue weighted by atomic mass is 9.95. The van der Waals surface area contributed by atoms with Crippen LogP contribution in [0.2, 0.25) is 0 Å². The summed E-state index contributed by atoms with van der Waals surface area (Å²) in [4.78, 5) is 11.9. The number of hydrogen-bond acceptors (Lipinski definition) is 3. The predicted molar refractivity (Wildman–Crippen MR) is 63.2 cm³/mol. The number of Topliss-reactive ketones (excluding diaryl/α,β-unsaturated/α-hetero) is 1. The lowest BCUT2D eigenvalue weighted by molar-refractivity contribution is 0.0964. The maximum atomic E-state index is 11.9. The van der Waals surface area contributed by atoms with Gasteiger partial charge in [0.05, 0.1) is 6.61 Å². The van der Waals surface area contributed by atoms with Crippen LogP contribution in [0.1, 0.15) is 33.5 Å². The van der Waals surface area contributed by atoms with E-state index in [0.29, 0.717) is 0 Å². The van der Waals surface area contributed by atoms with Crippen LogP contribution < -0.4 is 0 Å². The van der Waals surface area contributed by atoms with Crippen molar-refractivity contribution in [3.8, 4) is 0 Å². The summed E-state index contributed by atoms with van der Waals surface area (Å²) in [6, 6.07) is 3.99. The van der Waals surface area contributed by atoms with Gasteiger partial charge in [-0.1, -0.05) is 17.7 Å². The molecule has 0 heterocycles. The van der Waals surface area contributed by atoms with Gasteiger partial charge < -0.3 is 0 Å². The van der Waals surface area contributed by atoms with Gasteiger partial charge in [-0.3, -0.25) is 9.32 Å². The predicted octanol–water partition coefficient (Wildman–Crippen LogP) is 3.41. The summed E-state index contributed by atoms with van der Waals surface area (Å²) >= 11 is 0. The first-order valence-electron chi connectivity index (χ1n) is 5.12. The van der Waals surface area contributed by atoms with Gasteiger partial charge in [-0.05, 0) is 31.9 Å². The van der Waals surface area contributed by atoms with Crippen LogP contribution in [0, 0.1) is 20.8 Å². The van der Waals surface area contributed by atoms with Crippen molar-refractivity contribution in [3.63, 3.8) is 0 Å². The third kappa shape index (κ3) is 3.22. The summed E-state index contributed by atoms with van der Waals surface area (Å²) in [6.07, 6.45) is 0.264. The average molecular weight is 238 g/mol. The first-order valence-corrected chi connectivity index (χ1v) is 5.85. The summed E-state index contributed by atoms with van der Waals surface area (Å²) < 4.78 is 14.7. The Bertz CT molecular complexity index is 390. The molecule has 0 aliphatic rings. The minimum atomic E-state index is -0.374. The molecule has 1 rings (SSSR count). The highest BCUT2D eigenvalue weighted by atomic mass is 31.1. The fourth-order valence-electron chi connectivity index (χ4n) is 1.92. The molecule has 1 aromatic rings. The lowest BCUT2D eigenvalue weighted by Gasteiger charge is -2.09. The van der Waals surface area contributed by atoms with E-state index in [0.717, 1.165) is 22.3 Å². The molecule has 0 aliphatic heterocycles. The van der Waals surface area contributed by atoms with E-state index in [1.54, 1.807) is 0 Å². The first-order chi connectivity index (χ1) is 7.56. The van der Waals surface area contributed by atoms with Gasteiger partial charge in [0.2, 0.25) is 0 Å². The molecule has 86 valence electrons. The molecular formula is C12H15O3P. The van der Waals surface area contributed by atoms with E-state index in [2.05, 4.69) is 4.52 Å². The first kappa shape index (κ1) is 13.0. The molecule has 0 saturated heterocycles. The smallest absolute Gasteiger partial charge is 0.294 e. The monoisotopic (exact) mass is 238 g/mol. The molecule has 0 spiro atoms. The van der Waals surface area contributed by atoms with E-state index >= 15 is 0 Å². The van der Waals surface area contributed by atoms with Gasteiger partial charge in [-0.25, -0.2) is 4.57 Å². The largest absolute Gasteiger partial charge is 0.327 e. The average Bonchev–Trinajstić information content (AvgIpc) is 2.16. The number of ketones is 1. The fraction of sp³-hybridized carbons (Fsp3) is 0.417. The van der Waals surface area contributed by atoms with Gasteiger partial charge in [-0.2, -0.15) is 0 Å². The number of rotatable bonds is 5. The van der Waals surface area contributed by atoms with Crippen molar-refractivity contribution in [2.45, 2.75) is 27.2 Å². The third-order valence-corrected chi connectivity index (χ3v) is 2.72. The summed E-state index contributed by atoms with van der Waals surface area (Å²) in [5.41, 5.74) is 3.89. The Kier molecular flexibility index (Phi) is 4.78. The van der Waals surface area contributed by atoms with Gasteiger partial charge in [0, 0.05) is 12.0 Å². The van der Waals surface area contributed by atoms with Gasteiger partial charge in [0.15, 0.2) is 5.78 Å². The number of carbonyl (C=O) groups is 1. The van der Waals surface area contributed by atoms with Crippen molar-refractivity contribution in [1.82, 2.24) is 0 Å². The van der Waals surface area contributed by atoms with Crippen LogP contribution >= 0.6 is 8.69 Å². The van der Waals surface area contributed by atoms with Crippen molar-refractivity contribution in [2.24, 2.45) is 0 Å². The quantitative estimate of drug-likeness (QED) is 0.448. The Morgan fingerprint density at radius 3 is 2.31 bits per heavy atom. The minimum absolute atomic E-state index is 0.0404. The zero-order valence-electron chi connectivity index (χ0n) is 9.74. The second-order valence-corrected chi connectivity index (χ2v) is 4.26.